The molecule has 0 radical (unpaired) electrons. The topological polar surface area (TPSA) is 29.1 Å². The van der Waals surface area contributed by atoms with Crippen LogP contribution in [0.1, 0.15) is 40.5 Å². The third kappa shape index (κ3) is 2.50. The molecule has 0 aliphatic heterocycles. The summed E-state index contributed by atoms with van der Waals surface area (Å²) >= 11 is 0. The van der Waals surface area contributed by atoms with E-state index in [9.17, 15) is 4.79 Å². The van der Waals surface area contributed by atoms with Gasteiger partial charge in [0.25, 0.3) is 0 Å². The Bertz CT molecular complexity index is 177. The second-order valence-corrected chi connectivity index (χ2v) is 4.87. The molecule has 0 saturated heterocycles. The lowest BCUT2D eigenvalue weighted by molar-refractivity contribution is -0.127. The monoisotopic (exact) mass is 169 g/mol. The first-order valence-electron chi connectivity index (χ1n) is 4.71. The maximum absolute atomic E-state index is 11.5. The Morgan fingerprint density at radius 3 is 2.25 bits per heavy atom. The van der Waals surface area contributed by atoms with Gasteiger partial charge in [0.2, 0.25) is 5.91 Å². The molecule has 1 rings (SSSR count). The van der Waals surface area contributed by atoms with Crippen molar-refractivity contribution in [3.63, 3.8) is 0 Å². The molecular weight excluding hydrogens is 150 g/mol. The van der Waals surface area contributed by atoms with Crippen molar-refractivity contribution in [1.29, 1.82) is 0 Å². The Morgan fingerprint density at radius 1 is 1.42 bits per heavy atom. The quantitative estimate of drug-likeness (QED) is 0.672. The molecule has 1 fully saturated rings. The number of hydrogen-bond acceptors (Lipinski definition) is 1. The molecule has 1 amide bonds. The Morgan fingerprint density at radius 2 is 1.92 bits per heavy atom. The van der Waals surface area contributed by atoms with E-state index < -0.39 is 0 Å². The van der Waals surface area contributed by atoms with Crippen LogP contribution in [0.3, 0.4) is 0 Å². The van der Waals surface area contributed by atoms with Crippen LogP contribution in [0.5, 0.6) is 0 Å². The second-order valence-electron chi connectivity index (χ2n) is 4.87. The molecule has 1 saturated carbocycles. The van der Waals surface area contributed by atoms with Gasteiger partial charge in [0.05, 0.1) is 0 Å². The zero-order valence-electron chi connectivity index (χ0n) is 8.48. The highest BCUT2D eigenvalue weighted by Crippen LogP contribution is 2.27. The predicted molar refractivity (Wildman–Crippen MR) is 49.8 cm³/mol. The molecule has 1 aliphatic carbocycles. The van der Waals surface area contributed by atoms with E-state index in [1.54, 1.807) is 0 Å². The van der Waals surface area contributed by atoms with E-state index in [2.05, 4.69) is 26.1 Å². The Kier molecular flexibility index (Phi) is 2.45. The number of hydrogen-bond donors (Lipinski definition) is 1. The predicted octanol–water partition coefficient (Wildman–Crippen LogP) is 1.95. The fourth-order valence-electron chi connectivity index (χ4n) is 0.947. The van der Waals surface area contributed by atoms with E-state index in [0.29, 0.717) is 6.04 Å². The molecule has 1 aliphatic rings. The fourth-order valence-corrected chi connectivity index (χ4v) is 0.947. The van der Waals surface area contributed by atoms with E-state index >= 15 is 0 Å². The van der Waals surface area contributed by atoms with Crippen molar-refractivity contribution in [3.8, 4) is 0 Å². The summed E-state index contributed by atoms with van der Waals surface area (Å²) in [5, 5.41) is 3.02. The van der Waals surface area contributed by atoms with Crippen LogP contribution in [-0.4, -0.2) is 11.9 Å². The molecule has 0 spiro atoms. The summed E-state index contributed by atoms with van der Waals surface area (Å²) in [6.07, 6.45) is 2.34. The molecule has 2 nitrogen and oxygen atoms in total. The summed E-state index contributed by atoms with van der Waals surface area (Å²) in [4.78, 5) is 11.5. The van der Waals surface area contributed by atoms with Gasteiger partial charge in [0, 0.05) is 12.0 Å². The molecule has 0 aromatic carbocycles. The van der Waals surface area contributed by atoms with Crippen molar-refractivity contribution in [1.82, 2.24) is 5.32 Å². The second kappa shape index (κ2) is 3.08. The van der Waals surface area contributed by atoms with E-state index in [1.165, 1.54) is 12.8 Å². The summed E-state index contributed by atoms with van der Waals surface area (Å²) in [6, 6.07) is 0.488. The highest BCUT2D eigenvalue weighted by molar-refractivity contribution is 5.79. The van der Waals surface area contributed by atoms with Gasteiger partial charge in [-0.15, -0.1) is 0 Å². The Labute approximate surface area is 74.7 Å². The van der Waals surface area contributed by atoms with Crippen molar-refractivity contribution in [2.45, 2.75) is 46.6 Å². The summed E-state index contributed by atoms with van der Waals surface area (Å²) in [5.41, 5.74) is 0.0823. The molecule has 12 heavy (non-hydrogen) atoms. The van der Waals surface area contributed by atoms with Gasteiger partial charge in [0.15, 0.2) is 0 Å². The van der Waals surface area contributed by atoms with Crippen molar-refractivity contribution >= 4 is 5.91 Å². The van der Waals surface area contributed by atoms with Gasteiger partial charge < -0.3 is 5.32 Å². The standard InChI is InChI=1S/C10H19NO/c1-7(10(2,3)4)9(12)11-8-5-6-8/h7-8H,5-6H2,1-4H3,(H,11,12). The van der Waals surface area contributed by atoms with E-state index in [0.717, 1.165) is 0 Å². The van der Waals surface area contributed by atoms with Crippen LogP contribution in [0.25, 0.3) is 0 Å². The average Bonchev–Trinajstić information content (AvgIpc) is 2.68. The SMILES string of the molecule is CC(C(=O)NC1CC1)C(C)(C)C. The summed E-state index contributed by atoms with van der Waals surface area (Å²) in [6.45, 7) is 8.30. The Hall–Kier alpha value is -0.530. The lowest BCUT2D eigenvalue weighted by atomic mass is 9.81. The van der Waals surface area contributed by atoms with Crippen molar-refractivity contribution in [3.05, 3.63) is 0 Å². The molecule has 1 N–H and O–H groups in total. The number of carbonyl (C=O) groups is 1. The van der Waals surface area contributed by atoms with Crippen LogP contribution in [0.4, 0.5) is 0 Å². The fraction of sp³-hybridized carbons (Fsp3) is 0.900. The smallest absolute Gasteiger partial charge is 0.223 e. The van der Waals surface area contributed by atoms with Crippen LogP contribution < -0.4 is 5.32 Å². The number of rotatable bonds is 2. The van der Waals surface area contributed by atoms with Gasteiger partial charge in [-0.05, 0) is 18.3 Å². The van der Waals surface area contributed by atoms with Crippen molar-refractivity contribution in [2.75, 3.05) is 0 Å². The maximum atomic E-state index is 11.5. The minimum atomic E-state index is 0.0823. The molecule has 0 aromatic rings. The van der Waals surface area contributed by atoms with Crippen molar-refractivity contribution in [2.24, 2.45) is 11.3 Å². The number of amides is 1. The molecular formula is C10H19NO. The van der Waals surface area contributed by atoms with Crippen LogP contribution in [-0.2, 0) is 4.79 Å². The van der Waals surface area contributed by atoms with Gasteiger partial charge in [-0.2, -0.15) is 0 Å². The average molecular weight is 169 g/mol. The molecule has 0 bridgehead atoms. The molecule has 1 unspecified atom stereocenters. The third-order valence-electron chi connectivity index (χ3n) is 2.62. The Balaban J connectivity index is 2.39. The normalized spacial score (nSPS) is 20.3. The summed E-state index contributed by atoms with van der Waals surface area (Å²) in [7, 11) is 0. The highest BCUT2D eigenvalue weighted by Gasteiger charge is 2.30. The first-order valence-corrected chi connectivity index (χ1v) is 4.71. The van der Waals surface area contributed by atoms with E-state index in [1.807, 2.05) is 6.92 Å². The summed E-state index contributed by atoms with van der Waals surface area (Å²) < 4.78 is 0. The first kappa shape index (κ1) is 9.56. The van der Waals surface area contributed by atoms with Crippen LogP contribution in [0.15, 0.2) is 0 Å². The third-order valence-corrected chi connectivity index (χ3v) is 2.62. The minimum absolute atomic E-state index is 0.0823. The lowest BCUT2D eigenvalue weighted by Gasteiger charge is -2.25. The minimum Gasteiger partial charge on any atom is -0.353 e. The maximum Gasteiger partial charge on any atom is 0.223 e. The van der Waals surface area contributed by atoms with Gasteiger partial charge >= 0.3 is 0 Å². The lowest BCUT2D eigenvalue weighted by Crippen LogP contribution is -2.37. The van der Waals surface area contributed by atoms with Gasteiger partial charge in [-0.3, -0.25) is 4.79 Å². The highest BCUT2D eigenvalue weighted by atomic mass is 16.2. The number of carbonyl (C=O) groups excluding carboxylic acids is 1. The van der Waals surface area contributed by atoms with E-state index in [4.69, 9.17) is 0 Å². The zero-order valence-corrected chi connectivity index (χ0v) is 8.48. The molecule has 0 heterocycles. The zero-order chi connectivity index (χ0) is 9.35. The molecule has 70 valence electrons. The molecule has 2 heteroatoms. The molecule has 1 atom stereocenters. The van der Waals surface area contributed by atoms with Crippen LogP contribution >= 0.6 is 0 Å². The largest absolute Gasteiger partial charge is 0.353 e. The molecule has 0 aromatic heterocycles. The number of nitrogens with one attached hydrogen (secondary N) is 1. The summed E-state index contributed by atoms with van der Waals surface area (Å²) in [5.74, 6) is 0.322. The van der Waals surface area contributed by atoms with Gasteiger partial charge in [0.1, 0.15) is 0 Å². The van der Waals surface area contributed by atoms with Crippen molar-refractivity contribution < 1.29 is 4.79 Å². The first-order chi connectivity index (χ1) is 5.41. The van der Waals surface area contributed by atoms with Gasteiger partial charge in [-0.25, -0.2) is 0 Å². The van der Waals surface area contributed by atoms with Crippen LogP contribution in [0.2, 0.25) is 0 Å². The van der Waals surface area contributed by atoms with Crippen LogP contribution in [0, 0.1) is 11.3 Å². The van der Waals surface area contributed by atoms with E-state index in [-0.39, 0.29) is 17.2 Å². The van der Waals surface area contributed by atoms with Gasteiger partial charge in [-0.1, -0.05) is 27.7 Å².